The van der Waals surface area contributed by atoms with Gasteiger partial charge in [0, 0.05) is 31.5 Å². The summed E-state index contributed by atoms with van der Waals surface area (Å²) in [5, 5.41) is 34.4. The van der Waals surface area contributed by atoms with E-state index in [1.165, 1.54) is 28.4 Å². The van der Waals surface area contributed by atoms with Gasteiger partial charge in [-0.25, -0.2) is 4.79 Å². The molecule has 0 aromatic carbocycles. The van der Waals surface area contributed by atoms with Crippen molar-refractivity contribution >= 4 is 11.9 Å². The van der Waals surface area contributed by atoms with Crippen LogP contribution in [0.4, 0.5) is 0 Å². The Morgan fingerprint density at radius 2 is 1.66 bits per heavy atom. The van der Waals surface area contributed by atoms with Crippen LogP contribution in [0.5, 0.6) is 0 Å². The summed E-state index contributed by atoms with van der Waals surface area (Å²) in [6, 6.07) is 0. The van der Waals surface area contributed by atoms with Crippen LogP contribution in [0, 0.1) is 34.5 Å². The van der Waals surface area contributed by atoms with E-state index < -0.39 is 76.6 Å². The summed E-state index contributed by atoms with van der Waals surface area (Å²) in [4.78, 5) is 26.5. The Kier molecular flexibility index (Phi) is 8.48. The van der Waals surface area contributed by atoms with Crippen LogP contribution in [0.15, 0.2) is 0 Å². The van der Waals surface area contributed by atoms with Crippen molar-refractivity contribution in [3.05, 3.63) is 0 Å². The van der Waals surface area contributed by atoms with Gasteiger partial charge in [-0.1, -0.05) is 13.8 Å². The van der Waals surface area contributed by atoms with E-state index in [0.29, 0.717) is 12.8 Å². The molecule has 3 N–H and O–H groups in total. The quantitative estimate of drug-likeness (QED) is 0.260. The van der Waals surface area contributed by atoms with E-state index in [0.717, 1.165) is 0 Å². The van der Waals surface area contributed by atoms with Crippen LogP contribution in [0.1, 0.15) is 33.1 Å². The second-order valence-electron chi connectivity index (χ2n) is 11.5. The van der Waals surface area contributed by atoms with Gasteiger partial charge in [0.15, 0.2) is 5.60 Å². The van der Waals surface area contributed by atoms with Gasteiger partial charge in [0.25, 0.3) is 0 Å². The zero-order valence-corrected chi connectivity index (χ0v) is 23.0. The Hall–Kier alpha value is -1.38. The predicted molar refractivity (Wildman–Crippen MR) is 128 cm³/mol. The Morgan fingerprint density at radius 3 is 2.26 bits per heavy atom. The number of esters is 2. The zero-order chi connectivity index (χ0) is 28.0. The molecule has 0 aromatic heterocycles. The second-order valence-corrected chi connectivity index (χ2v) is 11.5. The maximum absolute atomic E-state index is 13.7. The number of rotatable bonds is 9. The normalized spacial score (nSPS) is 47.7. The fourth-order valence-corrected chi connectivity index (χ4v) is 8.69. The van der Waals surface area contributed by atoms with Crippen LogP contribution in [-0.2, 0) is 42.7 Å². The van der Waals surface area contributed by atoms with Crippen molar-refractivity contribution in [1.29, 1.82) is 0 Å². The van der Waals surface area contributed by atoms with Gasteiger partial charge in [-0.05, 0) is 30.1 Å². The average molecular weight is 547 g/mol. The number of aliphatic hydroxyl groups excluding tert-OH is 3. The van der Waals surface area contributed by atoms with Crippen LogP contribution in [-0.4, -0.2) is 112 Å². The van der Waals surface area contributed by atoms with E-state index >= 15 is 0 Å². The van der Waals surface area contributed by atoms with Crippen molar-refractivity contribution in [3.8, 4) is 0 Å². The summed E-state index contributed by atoms with van der Waals surface area (Å²) in [5.74, 6) is -3.84. The molecule has 1 spiro atoms. The number of methoxy groups -OCH3 is 4. The van der Waals surface area contributed by atoms with Gasteiger partial charge in [0.05, 0.1) is 51.7 Å². The lowest BCUT2D eigenvalue weighted by atomic mass is 9.37. The van der Waals surface area contributed by atoms with Gasteiger partial charge >= 0.3 is 11.9 Å². The molecule has 4 rings (SSSR count). The van der Waals surface area contributed by atoms with Gasteiger partial charge in [-0.2, -0.15) is 0 Å². The number of fused-ring (bicyclic) bond motifs is 3. The fourth-order valence-electron chi connectivity index (χ4n) is 8.69. The summed E-state index contributed by atoms with van der Waals surface area (Å²) in [5.41, 5.74) is -3.91. The van der Waals surface area contributed by atoms with E-state index in [1.54, 1.807) is 0 Å². The molecule has 38 heavy (non-hydrogen) atoms. The number of hydrogen-bond acceptors (Lipinski definition) is 12. The maximum Gasteiger partial charge on any atom is 0.341 e. The first-order chi connectivity index (χ1) is 18.0. The summed E-state index contributed by atoms with van der Waals surface area (Å²) in [6.07, 6.45) is -4.69. The van der Waals surface area contributed by atoms with E-state index in [4.69, 9.17) is 33.2 Å². The van der Waals surface area contributed by atoms with E-state index in [9.17, 15) is 24.9 Å². The minimum Gasteiger partial charge on any atom is -0.469 e. The first-order valence-electron chi connectivity index (χ1n) is 13.1. The number of hydrogen-bond donors (Lipinski definition) is 3. The fraction of sp³-hybridized carbons (Fsp3) is 0.923. The van der Waals surface area contributed by atoms with Crippen molar-refractivity contribution in [1.82, 2.24) is 0 Å². The molecule has 2 bridgehead atoms. The third-order valence-corrected chi connectivity index (χ3v) is 10.1. The number of ether oxygens (including phenoxy) is 7. The van der Waals surface area contributed by atoms with Crippen LogP contribution < -0.4 is 0 Å². The molecule has 0 amide bonds. The Labute approximate surface area is 222 Å². The molecule has 12 heteroatoms. The van der Waals surface area contributed by atoms with Crippen molar-refractivity contribution < 1.29 is 58.1 Å². The van der Waals surface area contributed by atoms with Crippen LogP contribution >= 0.6 is 0 Å². The molecule has 3 saturated carbocycles. The van der Waals surface area contributed by atoms with Gasteiger partial charge in [-0.15, -0.1) is 0 Å². The molecule has 3 aliphatic carbocycles. The minimum atomic E-state index is -1.87. The first-order valence-corrected chi connectivity index (χ1v) is 13.1. The number of aliphatic hydroxyl groups is 3. The molecule has 1 saturated heterocycles. The maximum atomic E-state index is 13.7. The van der Waals surface area contributed by atoms with E-state index in [-0.39, 0.29) is 32.5 Å². The minimum absolute atomic E-state index is 0.152. The molecule has 0 radical (unpaired) electrons. The standard InChI is InChI=1S/C26H42O12/c1-13-14(27)7-8-24(2)17(13)18(29)21(30)25-10-38-26(23(31)35-6,15(25)9-16(28)34-5)22(37-12-33-4)19(20(24)25)36-11-32-3/h13-15,17-22,27,29-30H,7-12H2,1-6H3/t13-,14+,15-,17-,18+,19-,20-,21+,22+,24+,25+,26+/m1/s1. The van der Waals surface area contributed by atoms with Crippen molar-refractivity contribution in [2.75, 3.05) is 48.6 Å². The highest BCUT2D eigenvalue weighted by Crippen LogP contribution is 2.72. The second kappa shape index (κ2) is 10.9. The lowest BCUT2D eigenvalue weighted by Crippen LogP contribution is -2.78. The van der Waals surface area contributed by atoms with Crippen molar-refractivity contribution in [2.24, 2.45) is 34.5 Å². The topological polar surface area (TPSA) is 159 Å². The highest BCUT2D eigenvalue weighted by Gasteiger charge is 2.83. The molecule has 4 aliphatic rings. The lowest BCUT2D eigenvalue weighted by Gasteiger charge is -2.68. The molecule has 1 aliphatic heterocycles. The molecule has 12 nitrogen and oxygen atoms in total. The molecule has 0 unspecified atom stereocenters. The zero-order valence-electron chi connectivity index (χ0n) is 23.0. The molecular formula is C26H42O12. The largest absolute Gasteiger partial charge is 0.469 e. The van der Waals surface area contributed by atoms with Crippen LogP contribution in [0.3, 0.4) is 0 Å². The SMILES string of the molecule is COCO[C@@H]1[C@@H]2[C@@]3(C)CC[C@H](O)[C@@H](C)[C@@H]3[C@H](O)[C@H](O)[C@]23CO[C@](C(=O)OC)([C@H]1OCOC)[C@@H]3CC(=O)OC. The Balaban J connectivity index is 2.00. The smallest absolute Gasteiger partial charge is 0.341 e. The summed E-state index contributed by atoms with van der Waals surface area (Å²) in [6.45, 7) is 3.34. The number of carbonyl (C=O) groups is 2. The van der Waals surface area contributed by atoms with Gasteiger partial charge in [0.1, 0.15) is 19.7 Å². The van der Waals surface area contributed by atoms with Gasteiger partial charge in [-0.3, -0.25) is 4.79 Å². The predicted octanol–water partition coefficient (Wildman–Crippen LogP) is -0.149. The summed E-state index contributed by atoms with van der Waals surface area (Å²) in [7, 11) is 5.35. The summed E-state index contributed by atoms with van der Waals surface area (Å²) < 4.78 is 39.5. The third kappa shape index (κ3) is 3.94. The van der Waals surface area contributed by atoms with E-state index in [1.807, 2.05) is 13.8 Å². The summed E-state index contributed by atoms with van der Waals surface area (Å²) >= 11 is 0. The average Bonchev–Trinajstić information content (AvgIpc) is 3.15. The monoisotopic (exact) mass is 546 g/mol. The molecule has 1 heterocycles. The first kappa shape index (κ1) is 29.6. The third-order valence-electron chi connectivity index (χ3n) is 10.1. The highest BCUT2D eigenvalue weighted by atomic mass is 16.7. The molecule has 0 aromatic rings. The molecular weight excluding hydrogens is 504 g/mol. The Morgan fingerprint density at radius 1 is 1.00 bits per heavy atom. The van der Waals surface area contributed by atoms with Crippen molar-refractivity contribution in [3.63, 3.8) is 0 Å². The van der Waals surface area contributed by atoms with Crippen molar-refractivity contribution in [2.45, 2.75) is 69.2 Å². The molecule has 12 atom stereocenters. The lowest BCUT2D eigenvalue weighted by molar-refractivity contribution is -0.320. The van der Waals surface area contributed by atoms with Gasteiger partial charge in [0.2, 0.25) is 0 Å². The molecule has 218 valence electrons. The number of carbonyl (C=O) groups excluding carboxylic acids is 2. The molecule has 4 fully saturated rings. The van der Waals surface area contributed by atoms with Crippen LogP contribution in [0.2, 0.25) is 0 Å². The Bertz CT molecular complexity index is 884. The van der Waals surface area contributed by atoms with E-state index in [2.05, 4.69) is 0 Å². The highest BCUT2D eigenvalue weighted by molar-refractivity contribution is 5.84. The van der Waals surface area contributed by atoms with Gasteiger partial charge < -0.3 is 48.5 Å². The van der Waals surface area contributed by atoms with Crippen LogP contribution in [0.25, 0.3) is 0 Å².